The SMILES string of the molecule is Cc1cccc(C2=NN3C(=N)/C(=C/C=C/c4ccccc4)C(=O)N=C3S2)c1. The Morgan fingerprint density at radius 2 is 1.93 bits per heavy atom. The monoisotopic (exact) mass is 372 g/mol. The van der Waals surface area contributed by atoms with Gasteiger partial charge in [0.2, 0.25) is 5.17 Å². The molecule has 27 heavy (non-hydrogen) atoms. The summed E-state index contributed by atoms with van der Waals surface area (Å²) in [5, 5.41) is 15.5. The minimum Gasteiger partial charge on any atom is -0.282 e. The summed E-state index contributed by atoms with van der Waals surface area (Å²) in [6.45, 7) is 2.01. The first-order valence-electron chi connectivity index (χ1n) is 8.41. The van der Waals surface area contributed by atoms with Crippen molar-refractivity contribution in [1.82, 2.24) is 5.01 Å². The highest BCUT2D eigenvalue weighted by molar-refractivity contribution is 8.27. The van der Waals surface area contributed by atoms with E-state index in [1.54, 1.807) is 12.2 Å². The second-order valence-electron chi connectivity index (χ2n) is 6.09. The summed E-state index contributed by atoms with van der Waals surface area (Å²) in [4.78, 5) is 16.5. The van der Waals surface area contributed by atoms with Crippen LogP contribution < -0.4 is 0 Å². The molecule has 0 spiro atoms. The lowest BCUT2D eigenvalue weighted by Crippen LogP contribution is -2.35. The molecule has 0 saturated heterocycles. The quantitative estimate of drug-likeness (QED) is 0.820. The first-order chi connectivity index (χ1) is 13.1. The van der Waals surface area contributed by atoms with Crippen molar-refractivity contribution in [2.24, 2.45) is 10.1 Å². The Hall–Kier alpha value is -3.25. The molecule has 0 fully saturated rings. The molecule has 2 aromatic carbocycles. The summed E-state index contributed by atoms with van der Waals surface area (Å²) in [7, 11) is 0. The topological polar surface area (TPSA) is 68.9 Å². The highest BCUT2D eigenvalue weighted by Crippen LogP contribution is 2.30. The average molecular weight is 372 g/mol. The van der Waals surface area contributed by atoms with Crippen molar-refractivity contribution >= 4 is 39.8 Å². The van der Waals surface area contributed by atoms with Crippen LogP contribution in [0.25, 0.3) is 6.08 Å². The lowest BCUT2D eigenvalue weighted by Gasteiger charge is -2.19. The third kappa shape index (κ3) is 3.52. The summed E-state index contributed by atoms with van der Waals surface area (Å²) in [6.07, 6.45) is 5.25. The van der Waals surface area contributed by atoms with Gasteiger partial charge in [0.05, 0.1) is 5.57 Å². The summed E-state index contributed by atoms with van der Waals surface area (Å²) in [5.41, 5.74) is 3.32. The third-order valence-corrected chi connectivity index (χ3v) is 5.03. The van der Waals surface area contributed by atoms with Crippen LogP contribution in [0.4, 0.5) is 0 Å². The average Bonchev–Trinajstić information content (AvgIpc) is 3.09. The van der Waals surface area contributed by atoms with Gasteiger partial charge >= 0.3 is 0 Å². The number of amides is 1. The van der Waals surface area contributed by atoms with E-state index in [-0.39, 0.29) is 11.4 Å². The number of hydrazone groups is 1. The third-order valence-electron chi connectivity index (χ3n) is 4.07. The summed E-state index contributed by atoms with van der Waals surface area (Å²) < 4.78 is 0. The molecule has 5 nitrogen and oxygen atoms in total. The molecule has 0 aliphatic carbocycles. The second-order valence-corrected chi connectivity index (χ2v) is 7.04. The molecular formula is C21H16N4OS. The van der Waals surface area contributed by atoms with Crippen molar-refractivity contribution in [1.29, 1.82) is 5.41 Å². The largest absolute Gasteiger partial charge is 0.283 e. The van der Waals surface area contributed by atoms with Crippen molar-refractivity contribution in [3.8, 4) is 0 Å². The maximum absolute atomic E-state index is 12.4. The van der Waals surface area contributed by atoms with Crippen LogP contribution >= 0.6 is 11.8 Å². The van der Waals surface area contributed by atoms with Gasteiger partial charge in [0.25, 0.3) is 5.91 Å². The molecular weight excluding hydrogens is 356 g/mol. The second kappa shape index (κ2) is 7.17. The normalized spacial score (nSPS) is 18.1. The molecule has 0 radical (unpaired) electrons. The van der Waals surface area contributed by atoms with E-state index in [4.69, 9.17) is 5.41 Å². The maximum Gasteiger partial charge on any atom is 0.283 e. The zero-order valence-corrected chi connectivity index (χ0v) is 15.4. The number of amidine groups is 2. The van der Waals surface area contributed by atoms with Gasteiger partial charge in [-0.25, -0.2) is 0 Å². The Labute approximate surface area is 161 Å². The molecule has 0 atom stereocenters. The van der Waals surface area contributed by atoms with E-state index in [1.165, 1.54) is 16.8 Å². The van der Waals surface area contributed by atoms with E-state index in [0.29, 0.717) is 5.17 Å². The molecule has 132 valence electrons. The molecule has 0 aromatic heterocycles. The Morgan fingerprint density at radius 1 is 1.11 bits per heavy atom. The van der Waals surface area contributed by atoms with E-state index >= 15 is 0 Å². The molecule has 2 aliphatic heterocycles. The molecule has 1 N–H and O–H groups in total. The van der Waals surface area contributed by atoms with Gasteiger partial charge in [0.1, 0.15) is 5.04 Å². The van der Waals surface area contributed by atoms with E-state index in [1.807, 2.05) is 67.6 Å². The van der Waals surface area contributed by atoms with Gasteiger partial charge in [0, 0.05) is 5.56 Å². The zero-order valence-electron chi connectivity index (χ0n) is 14.6. The zero-order chi connectivity index (χ0) is 18.8. The predicted molar refractivity (Wildman–Crippen MR) is 111 cm³/mol. The Morgan fingerprint density at radius 3 is 2.70 bits per heavy atom. The van der Waals surface area contributed by atoms with Gasteiger partial charge < -0.3 is 0 Å². The standard InChI is InChI=1S/C21H16N4OS/c1-14-7-5-11-16(13-14)20-24-25-18(22)17(19(26)23-21(25)27-20)12-6-10-15-8-3-2-4-9-15/h2-13,22H,1H3/b10-6+,17-12-,22-18?. The number of aliphatic imine (C=N–C) groups is 1. The van der Waals surface area contributed by atoms with Gasteiger partial charge in [-0.05, 0) is 36.4 Å². The molecule has 0 saturated carbocycles. The number of hydrogen-bond donors (Lipinski definition) is 1. The highest BCUT2D eigenvalue weighted by Gasteiger charge is 2.35. The minimum absolute atomic E-state index is 0.0397. The molecule has 2 aliphatic rings. The highest BCUT2D eigenvalue weighted by atomic mass is 32.2. The Balaban J connectivity index is 1.61. The number of aryl methyl sites for hydroxylation is 1. The number of nitrogens with zero attached hydrogens (tertiary/aromatic N) is 3. The Bertz CT molecular complexity index is 1050. The maximum atomic E-state index is 12.4. The van der Waals surface area contributed by atoms with Gasteiger partial charge in [0.15, 0.2) is 5.84 Å². The lowest BCUT2D eigenvalue weighted by molar-refractivity contribution is -0.114. The number of benzene rings is 2. The minimum atomic E-state index is -0.419. The van der Waals surface area contributed by atoms with Crippen molar-refractivity contribution in [3.05, 3.63) is 89.0 Å². The molecule has 0 unspecified atom stereocenters. The first-order valence-corrected chi connectivity index (χ1v) is 9.22. The van der Waals surface area contributed by atoms with Crippen LogP contribution in [0.15, 0.2) is 82.4 Å². The van der Waals surface area contributed by atoms with E-state index in [9.17, 15) is 4.79 Å². The lowest BCUT2D eigenvalue weighted by atomic mass is 10.1. The number of allylic oxidation sites excluding steroid dienone is 2. The molecule has 1 amide bonds. The Kier molecular flexibility index (Phi) is 4.56. The van der Waals surface area contributed by atoms with E-state index < -0.39 is 5.91 Å². The smallest absolute Gasteiger partial charge is 0.282 e. The van der Waals surface area contributed by atoms with Gasteiger partial charge in [-0.15, -0.1) is 0 Å². The number of rotatable bonds is 3. The van der Waals surface area contributed by atoms with Crippen LogP contribution in [0, 0.1) is 12.3 Å². The van der Waals surface area contributed by atoms with Gasteiger partial charge in [-0.1, -0.05) is 66.2 Å². The van der Waals surface area contributed by atoms with E-state index in [0.717, 1.165) is 21.7 Å². The van der Waals surface area contributed by atoms with Crippen molar-refractivity contribution in [2.45, 2.75) is 6.92 Å². The summed E-state index contributed by atoms with van der Waals surface area (Å²) in [6, 6.07) is 17.7. The van der Waals surface area contributed by atoms with Crippen molar-refractivity contribution in [2.75, 3.05) is 0 Å². The number of thioether (sulfide) groups is 1. The fraction of sp³-hybridized carbons (Fsp3) is 0.0476. The molecule has 2 aromatic rings. The van der Waals surface area contributed by atoms with Crippen LogP contribution in [0.2, 0.25) is 0 Å². The van der Waals surface area contributed by atoms with Gasteiger partial charge in [-0.2, -0.15) is 15.1 Å². The van der Waals surface area contributed by atoms with Crippen LogP contribution in [0.3, 0.4) is 0 Å². The van der Waals surface area contributed by atoms with Crippen molar-refractivity contribution < 1.29 is 4.79 Å². The fourth-order valence-corrected chi connectivity index (χ4v) is 3.61. The number of carbonyl (C=O) groups is 1. The number of nitrogens with one attached hydrogen (secondary N) is 1. The van der Waals surface area contributed by atoms with Gasteiger partial charge in [-0.3, -0.25) is 10.2 Å². The summed E-state index contributed by atoms with van der Waals surface area (Å²) >= 11 is 1.31. The summed E-state index contributed by atoms with van der Waals surface area (Å²) in [5.74, 6) is -0.380. The molecule has 0 bridgehead atoms. The van der Waals surface area contributed by atoms with E-state index in [2.05, 4.69) is 10.1 Å². The van der Waals surface area contributed by atoms with Crippen molar-refractivity contribution in [3.63, 3.8) is 0 Å². The molecule has 2 heterocycles. The number of hydrogen-bond acceptors (Lipinski definition) is 4. The fourth-order valence-electron chi connectivity index (χ4n) is 2.73. The number of carbonyl (C=O) groups excluding carboxylic acids is 1. The predicted octanol–water partition coefficient (Wildman–Crippen LogP) is 4.22. The van der Waals surface area contributed by atoms with Crippen LogP contribution in [0.1, 0.15) is 16.7 Å². The van der Waals surface area contributed by atoms with Crippen LogP contribution in [-0.2, 0) is 4.79 Å². The number of fused-ring (bicyclic) bond motifs is 1. The molecule has 6 heteroatoms. The van der Waals surface area contributed by atoms with Crippen LogP contribution in [0.5, 0.6) is 0 Å². The molecule has 4 rings (SSSR count). The first kappa shape index (κ1) is 17.2. The van der Waals surface area contributed by atoms with Crippen LogP contribution in [-0.4, -0.2) is 27.0 Å².